The van der Waals surface area contributed by atoms with Gasteiger partial charge < -0.3 is 20.4 Å². The lowest BCUT2D eigenvalue weighted by Crippen LogP contribution is -2.38. The summed E-state index contributed by atoms with van der Waals surface area (Å²) in [6.45, 7) is 9.23. The number of benzene rings is 1. The lowest BCUT2D eigenvalue weighted by atomic mass is 10.1. The molecule has 0 aromatic heterocycles. The van der Waals surface area contributed by atoms with Crippen molar-refractivity contribution in [2.45, 2.75) is 26.8 Å². The summed E-state index contributed by atoms with van der Waals surface area (Å²) in [7, 11) is 5.29. The van der Waals surface area contributed by atoms with Crippen LogP contribution < -0.4 is 10.6 Å². The Morgan fingerprint density at radius 2 is 1.69 bits per heavy atom. The predicted molar refractivity (Wildman–Crippen MR) is 120 cm³/mol. The Morgan fingerprint density at radius 1 is 1.08 bits per heavy atom. The second kappa shape index (κ2) is 13.8. The molecule has 0 saturated heterocycles. The van der Waals surface area contributed by atoms with Crippen molar-refractivity contribution in [3.63, 3.8) is 0 Å². The summed E-state index contributed by atoms with van der Waals surface area (Å²) in [6.07, 6.45) is 1.09. The molecular formula is C19H34IN5O. The van der Waals surface area contributed by atoms with Gasteiger partial charge in [-0.3, -0.25) is 9.79 Å². The van der Waals surface area contributed by atoms with Gasteiger partial charge in [-0.25, -0.2) is 0 Å². The van der Waals surface area contributed by atoms with Crippen LogP contribution >= 0.6 is 24.0 Å². The molecule has 0 heterocycles. The topological polar surface area (TPSA) is 60.0 Å². The Balaban J connectivity index is 0.00000625. The highest BCUT2D eigenvalue weighted by Gasteiger charge is 2.07. The number of hydrogen-bond acceptors (Lipinski definition) is 3. The van der Waals surface area contributed by atoms with Crippen LogP contribution in [0.25, 0.3) is 0 Å². The maximum absolute atomic E-state index is 11.9. The quantitative estimate of drug-likeness (QED) is 0.249. The van der Waals surface area contributed by atoms with Crippen LogP contribution in [0.5, 0.6) is 0 Å². The lowest BCUT2D eigenvalue weighted by Gasteiger charge is -2.18. The normalized spacial score (nSPS) is 11.1. The number of carbonyl (C=O) groups is 1. The van der Waals surface area contributed by atoms with E-state index < -0.39 is 0 Å². The first-order valence-electron chi connectivity index (χ1n) is 8.99. The van der Waals surface area contributed by atoms with Gasteiger partial charge in [-0.1, -0.05) is 26.0 Å². The average molecular weight is 475 g/mol. The molecule has 0 aliphatic rings. The van der Waals surface area contributed by atoms with E-state index in [1.165, 1.54) is 0 Å². The predicted octanol–water partition coefficient (Wildman–Crippen LogP) is 2.40. The summed E-state index contributed by atoms with van der Waals surface area (Å²) in [6, 6.07) is 7.66. The minimum absolute atomic E-state index is 0. The number of halogens is 1. The number of aliphatic imine (C=N–C) groups is 1. The molecule has 7 heteroatoms. The van der Waals surface area contributed by atoms with Crippen molar-refractivity contribution >= 4 is 35.8 Å². The van der Waals surface area contributed by atoms with Crippen molar-refractivity contribution in [3.8, 4) is 0 Å². The minimum Gasteiger partial charge on any atom is -0.356 e. The minimum atomic E-state index is 0. The van der Waals surface area contributed by atoms with E-state index in [2.05, 4.69) is 34.4 Å². The Kier molecular flexibility index (Phi) is 13.1. The van der Waals surface area contributed by atoms with Crippen molar-refractivity contribution in [1.82, 2.24) is 20.4 Å². The van der Waals surface area contributed by atoms with Gasteiger partial charge in [0.2, 0.25) is 0 Å². The van der Waals surface area contributed by atoms with Gasteiger partial charge in [-0.05, 0) is 43.8 Å². The van der Waals surface area contributed by atoms with Gasteiger partial charge in [0.05, 0.1) is 0 Å². The van der Waals surface area contributed by atoms with E-state index in [4.69, 9.17) is 0 Å². The van der Waals surface area contributed by atoms with Crippen molar-refractivity contribution in [3.05, 3.63) is 35.4 Å². The third-order valence-electron chi connectivity index (χ3n) is 4.13. The van der Waals surface area contributed by atoms with Gasteiger partial charge in [0.25, 0.3) is 5.91 Å². The van der Waals surface area contributed by atoms with Crippen LogP contribution in [0.15, 0.2) is 29.3 Å². The number of amides is 1. The van der Waals surface area contributed by atoms with Crippen LogP contribution in [0, 0.1) is 0 Å². The van der Waals surface area contributed by atoms with E-state index in [9.17, 15) is 4.79 Å². The SMILES string of the molecule is CCN(CC)CCCNC(=NC)NCc1ccc(C(=O)N(C)C)cc1.I. The lowest BCUT2D eigenvalue weighted by molar-refractivity contribution is 0.0827. The third kappa shape index (κ3) is 8.84. The van der Waals surface area contributed by atoms with Gasteiger partial charge in [-0.15, -0.1) is 24.0 Å². The number of hydrogen-bond donors (Lipinski definition) is 2. The zero-order valence-electron chi connectivity index (χ0n) is 16.7. The van der Waals surface area contributed by atoms with E-state index in [-0.39, 0.29) is 29.9 Å². The molecule has 1 rings (SSSR count). The van der Waals surface area contributed by atoms with Gasteiger partial charge >= 0.3 is 0 Å². The molecule has 26 heavy (non-hydrogen) atoms. The number of nitrogens with one attached hydrogen (secondary N) is 2. The van der Waals surface area contributed by atoms with E-state index >= 15 is 0 Å². The fraction of sp³-hybridized carbons (Fsp3) is 0.579. The standard InChI is InChI=1S/C19H33N5O.HI/c1-6-24(7-2)14-8-13-21-19(20-3)22-15-16-9-11-17(12-10-16)18(25)23(4)5;/h9-12H,6-8,13-15H2,1-5H3,(H2,20,21,22);1H. The zero-order valence-corrected chi connectivity index (χ0v) is 19.0. The first-order chi connectivity index (χ1) is 12.0. The van der Waals surface area contributed by atoms with E-state index in [0.717, 1.165) is 44.1 Å². The number of carbonyl (C=O) groups excluding carboxylic acids is 1. The highest BCUT2D eigenvalue weighted by Crippen LogP contribution is 2.06. The first-order valence-corrected chi connectivity index (χ1v) is 8.99. The molecule has 2 N–H and O–H groups in total. The molecule has 1 amide bonds. The van der Waals surface area contributed by atoms with Crippen molar-refractivity contribution in [1.29, 1.82) is 0 Å². The molecule has 0 atom stereocenters. The Labute approximate surface area is 175 Å². The van der Waals surface area contributed by atoms with Crippen molar-refractivity contribution in [2.24, 2.45) is 4.99 Å². The highest BCUT2D eigenvalue weighted by molar-refractivity contribution is 14.0. The largest absolute Gasteiger partial charge is 0.356 e. The first kappa shape index (κ1) is 24.7. The molecule has 6 nitrogen and oxygen atoms in total. The summed E-state index contributed by atoms with van der Waals surface area (Å²) in [4.78, 5) is 20.1. The third-order valence-corrected chi connectivity index (χ3v) is 4.13. The van der Waals surface area contributed by atoms with Crippen LogP contribution in [0.3, 0.4) is 0 Å². The van der Waals surface area contributed by atoms with Crippen LogP contribution in [0.4, 0.5) is 0 Å². The Hall–Kier alpha value is -1.35. The highest BCUT2D eigenvalue weighted by atomic mass is 127. The van der Waals surface area contributed by atoms with E-state index in [1.54, 1.807) is 26.0 Å². The number of guanidine groups is 1. The summed E-state index contributed by atoms with van der Waals surface area (Å²) < 4.78 is 0. The Bertz CT molecular complexity index is 541. The molecule has 0 radical (unpaired) electrons. The van der Waals surface area contributed by atoms with E-state index in [0.29, 0.717) is 12.1 Å². The van der Waals surface area contributed by atoms with E-state index in [1.807, 2.05) is 24.3 Å². The van der Waals surface area contributed by atoms with Gasteiger partial charge in [0.15, 0.2) is 5.96 Å². The fourth-order valence-corrected chi connectivity index (χ4v) is 2.48. The molecule has 0 aliphatic carbocycles. The summed E-state index contributed by atoms with van der Waals surface area (Å²) >= 11 is 0. The molecule has 0 bridgehead atoms. The monoisotopic (exact) mass is 475 g/mol. The maximum atomic E-state index is 11.9. The second-order valence-electron chi connectivity index (χ2n) is 6.13. The molecule has 1 aromatic carbocycles. The molecule has 0 spiro atoms. The summed E-state index contributed by atoms with van der Waals surface area (Å²) in [5.74, 6) is 0.818. The molecule has 0 fully saturated rings. The van der Waals surface area contributed by atoms with Crippen molar-refractivity contribution in [2.75, 3.05) is 47.3 Å². The average Bonchev–Trinajstić information content (AvgIpc) is 2.64. The molecule has 0 aliphatic heterocycles. The van der Waals surface area contributed by atoms with Gasteiger partial charge in [0.1, 0.15) is 0 Å². The van der Waals surface area contributed by atoms with Crippen LogP contribution in [-0.4, -0.2) is 69.0 Å². The molecule has 1 aromatic rings. The summed E-state index contributed by atoms with van der Waals surface area (Å²) in [5, 5.41) is 6.64. The Morgan fingerprint density at radius 3 is 2.19 bits per heavy atom. The van der Waals surface area contributed by atoms with Gasteiger partial charge in [-0.2, -0.15) is 0 Å². The van der Waals surface area contributed by atoms with Crippen LogP contribution in [0.2, 0.25) is 0 Å². The molecule has 148 valence electrons. The second-order valence-corrected chi connectivity index (χ2v) is 6.13. The van der Waals surface area contributed by atoms with Crippen LogP contribution in [-0.2, 0) is 6.54 Å². The number of nitrogens with zero attached hydrogens (tertiary/aromatic N) is 3. The molecule has 0 saturated carbocycles. The summed E-state index contributed by atoms with van der Waals surface area (Å²) in [5.41, 5.74) is 1.81. The van der Waals surface area contributed by atoms with Crippen molar-refractivity contribution < 1.29 is 4.79 Å². The number of rotatable bonds is 9. The zero-order chi connectivity index (χ0) is 18.7. The van der Waals surface area contributed by atoms with Crippen LogP contribution in [0.1, 0.15) is 36.2 Å². The smallest absolute Gasteiger partial charge is 0.253 e. The maximum Gasteiger partial charge on any atom is 0.253 e. The van der Waals surface area contributed by atoms with Gasteiger partial charge in [0, 0.05) is 39.8 Å². The fourth-order valence-electron chi connectivity index (χ4n) is 2.48. The molecular weight excluding hydrogens is 441 g/mol. The molecule has 0 unspecified atom stereocenters.